The number of anilines is 1. The average Bonchev–Trinajstić information content (AvgIpc) is 2.46. The van der Waals surface area contributed by atoms with Crippen LogP contribution in [0.25, 0.3) is 0 Å². The van der Waals surface area contributed by atoms with E-state index < -0.39 is 0 Å². The zero-order chi connectivity index (χ0) is 13.5. The lowest BCUT2D eigenvalue weighted by Gasteiger charge is -2.33. The molecule has 1 aromatic carbocycles. The van der Waals surface area contributed by atoms with E-state index in [0.29, 0.717) is 0 Å². The fraction of sp³-hybridized carbons (Fsp3) is 0.625. The normalized spacial score (nSPS) is 16.8. The second kappa shape index (κ2) is 7.76. The molecule has 0 aliphatic heterocycles. The summed E-state index contributed by atoms with van der Waals surface area (Å²) in [6, 6.07) is 8.76. The molecular weight excluding hydrogens is 256 g/mol. The number of nitrogens with zero attached hydrogens (tertiary/aromatic N) is 1. The van der Waals surface area contributed by atoms with Gasteiger partial charge in [0.15, 0.2) is 0 Å². The zero-order valence-electron chi connectivity index (χ0n) is 11.9. The standard InChI is InChI=1S/C16H25ClN2/c1-2-19(16-6-4-3-5-7-16)13-12-18-15-10-8-14(17)9-11-15/h8-11,16,18H,2-7,12-13H2,1H3. The Hall–Kier alpha value is -0.730. The Morgan fingerprint density at radius 3 is 2.47 bits per heavy atom. The lowest BCUT2D eigenvalue weighted by Crippen LogP contribution is -2.39. The average molecular weight is 281 g/mol. The molecule has 1 aliphatic rings. The summed E-state index contributed by atoms with van der Waals surface area (Å²) in [6.45, 7) is 5.57. The molecule has 1 saturated carbocycles. The van der Waals surface area contributed by atoms with Crippen molar-refractivity contribution in [3.63, 3.8) is 0 Å². The van der Waals surface area contributed by atoms with Gasteiger partial charge in [-0.3, -0.25) is 4.90 Å². The van der Waals surface area contributed by atoms with Gasteiger partial charge < -0.3 is 5.32 Å². The lowest BCUT2D eigenvalue weighted by atomic mass is 9.94. The highest BCUT2D eigenvalue weighted by atomic mass is 35.5. The molecule has 1 fully saturated rings. The van der Waals surface area contributed by atoms with Crippen LogP contribution in [0.2, 0.25) is 5.02 Å². The van der Waals surface area contributed by atoms with Gasteiger partial charge in [0.1, 0.15) is 0 Å². The van der Waals surface area contributed by atoms with Gasteiger partial charge in [0, 0.05) is 29.8 Å². The first kappa shape index (κ1) is 14.7. The van der Waals surface area contributed by atoms with Crippen molar-refractivity contribution in [3.05, 3.63) is 29.3 Å². The van der Waals surface area contributed by atoms with Crippen LogP contribution in [0.3, 0.4) is 0 Å². The Bertz CT molecular complexity index is 358. The molecule has 3 heteroatoms. The van der Waals surface area contributed by atoms with Gasteiger partial charge in [0.2, 0.25) is 0 Å². The summed E-state index contributed by atoms with van der Waals surface area (Å²) in [5.74, 6) is 0. The maximum absolute atomic E-state index is 5.88. The minimum Gasteiger partial charge on any atom is -0.384 e. The number of likely N-dealkylation sites (N-methyl/N-ethyl adjacent to an activating group) is 1. The number of rotatable bonds is 6. The summed E-state index contributed by atoms with van der Waals surface area (Å²) in [6.07, 6.45) is 7.01. The summed E-state index contributed by atoms with van der Waals surface area (Å²) < 4.78 is 0. The predicted molar refractivity (Wildman–Crippen MR) is 84.1 cm³/mol. The zero-order valence-corrected chi connectivity index (χ0v) is 12.6. The Morgan fingerprint density at radius 1 is 1.16 bits per heavy atom. The summed E-state index contributed by atoms with van der Waals surface area (Å²) in [7, 11) is 0. The van der Waals surface area contributed by atoms with Crippen molar-refractivity contribution < 1.29 is 0 Å². The Morgan fingerprint density at radius 2 is 1.84 bits per heavy atom. The van der Waals surface area contributed by atoms with Crippen LogP contribution in [0.15, 0.2) is 24.3 Å². The van der Waals surface area contributed by atoms with Crippen LogP contribution in [0.4, 0.5) is 5.69 Å². The Balaban J connectivity index is 1.74. The smallest absolute Gasteiger partial charge is 0.0407 e. The van der Waals surface area contributed by atoms with E-state index in [1.54, 1.807) is 0 Å². The molecule has 0 radical (unpaired) electrons. The van der Waals surface area contributed by atoms with Gasteiger partial charge >= 0.3 is 0 Å². The number of hydrogen-bond donors (Lipinski definition) is 1. The second-order valence-electron chi connectivity index (χ2n) is 5.35. The fourth-order valence-corrected chi connectivity index (χ4v) is 3.08. The van der Waals surface area contributed by atoms with E-state index >= 15 is 0 Å². The quantitative estimate of drug-likeness (QED) is 0.830. The molecule has 0 aromatic heterocycles. The molecule has 2 nitrogen and oxygen atoms in total. The highest BCUT2D eigenvalue weighted by Gasteiger charge is 2.19. The maximum atomic E-state index is 5.88. The van der Waals surface area contributed by atoms with Crippen molar-refractivity contribution in [1.29, 1.82) is 0 Å². The van der Waals surface area contributed by atoms with Gasteiger partial charge in [-0.15, -0.1) is 0 Å². The van der Waals surface area contributed by atoms with Crippen molar-refractivity contribution in [2.24, 2.45) is 0 Å². The molecule has 1 aliphatic carbocycles. The SMILES string of the molecule is CCN(CCNc1ccc(Cl)cc1)C1CCCCC1. The molecule has 0 bridgehead atoms. The minimum absolute atomic E-state index is 0.794. The van der Waals surface area contributed by atoms with E-state index in [9.17, 15) is 0 Å². The van der Waals surface area contributed by atoms with Crippen LogP contribution in [0.5, 0.6) is 0 Å². The molecule has 1 N–H and O–H groups in total. The van der Waals surface area contributed by atoms with Gasteiger partial charge in [0.05, 0.1) is 0 Å². The molecule has 1 aromatic rings. The molecule has 0 spiro atoms. The van der Waals surface area contributed by atoms with Crippen molar-refractivity contribution in [2.75, 3.05) is 25.0 Å². The molecule has 0 atom stereocenters. The van der Waals surface area contributed by atoms with Gasteiger partial charge in [0.25, 0.3) is 0 Å². The number of nitrogens with one attached hydrogen (secondary N) is 1. The van der Waals surface area contributed by atoms with Crippen LogP contribution in [-0.2, 0) is 0 Å². The molecule has 0 saturated heterocycles. The van der Waals surface area contributed by atoms with Crippen molar-refractivity contribution >= 4 is 17.3 Å². The monoisotopic (exact) mass is 280 g/mol. The number of hydrogen-bond acceptors (Lipinski definition) is 2. The molecule has 0 heterocycles. The highest BCUT2D eigenvalue weighted by molar-refractivity contribution is 6.30. The summed E-state index contributed by atoms with van der Waals surface area (Å²) >= 11 is 5.88. The molecule has 106 valence electrons. The number of halogens is 1. The lowest BCUT2D eigenvalue weighted by molar-refractivity contribution is 0.169. The molecule has 2 rings (SSSR count). The third kappa shape index (κ3) is 4.70. The first-order valence-corrected chi connectivity index (χ1v) is 7.91. The molecule has 0 amide bonds. The van der Waals surface area contributed by atoms with Crippen LogP contribution in [0, 0.1) is 0 Å². The van der Waals surface area contributed by atoms with Gasteiger partial charge in [-0.1, -0.05) is 37.8 Å². The van der Waals surface area contributed by atoms with E-state index in [-0.39, 0.29) is 0 Å². The van der Waals surface area contributed by atoms with Crippen molar-refractivity contribution in [1.82, 2.24) is 4.90 Å². The third-order valence-electron chi connectivity index (χ3n) is 4.07. The van der Waals surface area contributed by atoms with Crippen molar-refractivity contribution in [3.8, 4) is 0 Å². The fourth-order valence-electron chi connectivity index (χ4n) is 2.96. The van der Waals surface area contributed by atoms with E-state index in [4.69, 9.17) is 11.6 Å². The van der Waals surface area contributed by atoms with Crippen LogP contribution < -0.4 is 5.32 Å². The topological polar surface area (TPSA) is 15.3 Å². The first-order valence-electron chi connectivity index (χ1n) is 7.53. The Labute approximate surface area is 122 Å². The minimum atomic E-state index is 0.794. The summed E-state index contributed by atoms with van der Waals surface area (Å²) in [4.78, 5) is 2.63. The molecule has 19 heavy (non-hydrogen) atoms. The van der Waals surface area contributed by atoms with Gasteiger partial charge in [-0.2, -0.15) is 0 Å². The van der Waals surface area contributed by atoms with Crippen LogP contribution >= 0.6 is 11.6 Å². The van der Waals surface area contributed by atoms with Crippen LogP contribution in [0.1, 0.15) is 39.0 Å². The van der Waals surface area contributed by atoms with E-state index in [1.807, 2.05) is 24.3 Å². The Kier molecular flexibility index (Phi) is 5.99. The summed E-state index contributed by atoms with van der Waals surface area (Å²) in [5.41, 5.74) is 1.16. The van der Waals surface area contributed by atoms with E-state index in [0.717, 1.165) is 36.4 Å². The third-order valence-corrected chi connectivity index (χ3v) is 4.32. The van der Waals surface area contributed by atoms with E-state index in [1.165, 1.54) is 32.1 Å². The molecular formula is C16H25ClN2. The highest BCUT2D eigenvalue weighted by Crippen LogP contribution is 2.22. The van der Waals surface area contributed by atoms with Crippen LogP contribution in [-0.4, -0.2) is 30.6 Å². The maximum Gasteiger partial charge on any atom is 0.0407 e. The largest absolute Gasteiger partial charge is 0.384 e. The predicted octanol–water partition coefficient (Wildman–Crippen LogP) is 4.41. The second-order valence-corrected chi connectivity index (χ2v) is 5.79. The van der Waals surface area contributed by atoms with Crippen molar-refractivity contribution in [2.45, 2.75) is 45.1 Å². The summed E-state index contributed by atoms with van der Waals surface area (Å²) in [5, 5.41) is 4.27. The molecule has 0 unspecified atom stereocenters. The first-order chi connectivity index (χ1) is 9.29. The van der Waals surface area contributed by atoms with E-state index in [2.05, 4.69) is 17.1 Å². The number of benzene rings is 1. The van der Waals surface area contributed by atoms with Gasteiger partial charge in [-0.05, 0) is 43.7 Å². The van der Waals surface area contributed by atoms with Gasteiger partial charge in [-0.25, -0.2) is 0 Å².